The number of thioether (sulfide) groups is 1. The van der Waals surface area contributed by atoms with Gasteiger partial charge in [0, 0.05) is 17.9 Å². The summed E-state index contributed by atoms with van der Waals surface area (Å²) in [7, 11) is 0. The van der Waals surface area contributed by atoms with Crippen LogP contribution in [0.4, 0.5) is 0 Å². The normalized spacial score (nSPS) is 13.6. The first-order valence-corrected chi connectivity index (χ1v) is 11.1. The van der Waals surface area contributed by atoms with Crippen LogP contribution in [-0.2, 0) is 33.4 Å². The van der Waals surface area contributed by atoms with Gasteiger partial charge in [0.1, 0.15) is 18.6 Å². The van der Waals surface area contributed by atoms with E-state index in [1.54, 1.807) is 27.7 Å². The molecule has 0 bridgehead atoms. The number of hydrogen-bond acceptors (Lipinski definition) is 9. The van der Waals surface area contributed by atoms with Gasteiger partial charge in [-0.1, -0.05) is 6.92 Å². The molecule has 0 radical (unpaired) electrons. The van der Waals surface area contributed by atoms with Crippen molar-refractivity contribution in [2.24, 2.45) is 11.7 Å². The number of rotatable bonds is 15. The van der Waals surface area contributed by atoms with Gasteiger partial charge in [0.2, 0.25) is 11.8 Å². The van der Waals surface area contributed by atoms with E-state index in [4.69, 9.17) is 20.3 Å². The van der Waals surface area contributed by atoms with E-state index in [0.717, 1.165) is 0 Å². The lowest BCUT2D eigenvalue weighted by atomic mass is 10.1. The Morgan fingerprint density at radius 1 is 1.06 bits per heavy atom. The monoisotopic (exact) mass is 463 g/mol. The topological polar surface area (TPSA) is 174 Å². The summed E-state index contributed by atoms with van der Waals surface area (Å²) in [6.07, 6.45) is -0.432. The Kier molecular flexibility index (Phi) is 14.3. The van der Waals surface area contributed by atoms with Gasteiger partial charge in [-0.05, 0) is 27.2 Å². The van der Waals surface area contributed by atoms with Crippen molar-refractivity contribution in [2.75, 3.05) is 24.7 Å². The SMILES string of the molecule is CCOC(=O)C(C)CSCC(NC(=O)CCC(N)C(=O)OC(C)C)C(=O)NCC(=O)O. The average molecular weight is 464 g/mol. The van der Waals surface area contributed by atoms with Crippen LogP contribution < -0.4 is 16.4 Å². The van der Waals surface area contributed by atoms with Crippen LogP contribution >= 0.6 is 11.8 Å². The fourth-order valence-corrected chi connectivity index (χ4v) is 3.27. The van der Waals surface area contributed by atoms with E-state index in [9.17, 15) is 24.0 Å². The molecule has 0 aliphatic rings. The second-order valence-corrected chi connectivity index (χ2v) is 8.13. The third kappa shape index (κ3) is 13.6. The highest BCUT2D eigenvalue weighted by Crippen LogP contribution is 2.12. The first-order chi connectivity index (χ1) is 14.5. The molecule has 0 aliphatic heterocycles. The third-order valence-electron chi connectivity index (χ3n) is 3.74. The minimum atomic E-state index is -1.23. The van der Waals surface area contributed by atoms with E-state index in [0.29, 0.717) is 5.75 Å². The zero-order valence-corrected chi connectivity index (χ0v) is 19.2. The number of nitrogens with two attached hydrogens (primary N) is 1. The van der Waals surface area contributed by atoms with Crippen molar-refractivity contribution >= 4 is 41.5 Å². The molecule has 3 atom stereocenters. The Hall–Kier alpha value is -2.34. The fourth-order valence-electron chi connectivity index (χ4n) is 2.17. The van der Waals surface area contributed by atoms with Crippen molar-refractivity contribution in [1.82, 2.24) is 10.6 Å². The van der Waals surface area contributed by atoms with Crippen LogP contribution in [0.1, 0.15) is 40.5 Å². The summed E-state index contributed by atoms with van der Waals surface area (Å²) in [5.41, 5.74) is 5.70. The largest absolute Gasteiger partial charge is 0.480 e. The first kappa shape index (κ1) is 28.7. The van der Waals surface area contributed by atoms with Crippen LogP contribution in [0.25, 0.3) is 0 Å². The minimum absolute atomic E-state index is 0.0217. The molecule has 0 aromatic rings. The predicted octanol–water partition coefficient (Wildman–Crippen LogP) is -0.336. The van der Waals surface area contributed by atoms with Gasteiger partial charge in [-0.25, -0.2) is 0 Å². The number of amides is 2. The Labute approximate surface area is 186 Å². The maximum atomic E-state index is 12.3. The Balaban J connectivity index is 4.76. The maximum Gasteiger partial charge on any atom is 0.323 e. The van der Waals surface area contributed by atoms with Crippen LogP contribution in [0, 0.1) is 5.92 Å². The number of ether oxygens (including phenoxy) is 2. The van der Waals surface area contributed by atoms with Gasteiger partial charge in [0.15, 0.2) is 0 Å². The van der Waals surface area contributed by atoms with Crippen LogP contribution in [0.15, 0.2) is 0 Å². The quantitative estimate of drug-likeness (QED) is 0.235. The summed E-state index contributed by atoms with van der Waals surface area (Å²) in [5, 5.41) is 13.5. The molecule has 3 unspecified atom stereocenters. The molecule has 0 saturated carbocycles. The number of esters is 2. The number of hydrogen-bond donors (Lipinski definition) is 4. The minimum Gasteiger partial charge on any atom is -0.480 e. The highest BCUT2D eigenvalue weighted by molar-refractivity contribution is 7.99. The molecule has 0 saturated heterocycles. The number of carboxylic acids is 1. The lowest BCUT2D eigenvalue weighted by molar-refractivity contribution is -0.149. The highest BCUT2D eigenvalue weighted by atomic mass is 32.2. The van der Waals surface area contributed by atoms with Crippen LogP contribution in [0.2, 0.25) is 0 Å². The number of nitrogens with one attached hydrogen (secondary N) is 2. The molecule has 0 aromatic carbocycles. The maximum absolute atomic E-state index is 12.3. The zero-order chi connectivity index (χ0) is 24.0. The standard InChI is InChI=1S/C19H33N3O8S/c1-5-29-18(27)12(4)9-31-10-14(17(26)21-8-16(24)25)22-15(23)7-6-13(20)19(28)30-11(2)3/h11-14H,5-10,20H2,1-4H3,(H,21,26)(H,22,23)(H,24,25). The van der Waals surface area contributed by atoms with E-state index < -0.39 is 48.3 Å². The van der Waals surface area contributed by atoms with Gasteiger partial charge in [0.25, 0.3) is 0 Å². The van der Waals surface area contributed by atoms with Gasteiger partial charge in [0.05, 0.1) is 18.6 Å². The number of carboxylic acid groups (broad SMARTS) is 1. The van der Waals surface area contributed by atoms with Crippen molar-refractivity contribution in [3.8, 4) is 0 Å². The molecule has 0 rings (SSSR count). The van der Waals surface area contributed by atoms with Crippen LogP contribution in [0.5, 0.6) is 0 Å². The molecular weight excluding hydrogens is 430 g/mol. The van der Waals surface area contributed by atoms with Crippen molar-refractivity contribution < 1.29 is 38.6 Å². The lowest BCUT2D eigenvalue weighted by Crippen LogP contribution is -2.49. The Morgan fingerprint density at radius 2 is 1.71 bits per heavy atom. The summed E-state index contributed by atoms with van der Waals surface area (Å²) in [6.45, 7) is 6.40. The van der Waals surface area contributed by atoms with E-state index in [1.165, 1.54) is 11.8 Å². The van der Waals surface area contributed by atoms with E-state index in [-0.39, 0.29) is 37.3 Å². The van der Waals surface area contributed by atoms with Crippen molar-refractivity contribution in [2.45, 2.75) is 58.7 Å². The van der Waals surface area contributed by atoms with Crippen molar-refractivity contribution in [1.29, 1.82) is 0 Å². The molecule has 12 heteroatoms. The molecule has 2 amide bonds. The van der Waals surface area contributed by atoms with Crippen molar-refractivity contribution in [3.63, 3.8) is 0 Å². The summed E-state index contributed by atoms with van der Waals surface area (Å²) >= 11 is 1.24. The molecule has 0 aromatic heterocycles. The molecule has 5 N–H and O–H groups in total. The van der Waals surface area contributed by atoms with E-state index in [2.05, 4.69) is 10.6 Å². The van der Waals surface area contributed by atoms with E-state index in [1.807, 2.05) is 0 Å². The number of carbonyl (C=O) groups is 5. The summed E-state index contributed by atoms with van der Waals surface area (Å²) in [4.78, 5) is 58.6. The summed E-state index contributed by atoms with van der Waals surface area (Å²) < 4.78 is 9.89. The van der Waals surface area contributed by atoms with E-state index >= 15 is 0 Å². The number of aliphatic carboxylic acids is 1. The zero-order valence-electron chi connectivity index (χ0n) is 18.3. The average Bonchev–Trinajstić information content (AvgIpc) is 2.68. The molecule has 0 fully saturated rings. The van der Waals surface area contributed by atoms with Gasteiger partial charge in [-0.15, -0.1) is 0 Å². The second-order valence-electron chi connectivity index (χ2n) is 7.05. The Morgan fingerprint density at radius 3 is 2.26 bits per heavy atom. The number of carbonyl (C=O) groups excluding carboxylic acids is 4. The summed E-state index contributed by atoms with van der Waals surface area (Å²) in [6, 6.07) is -2.00. The lowest BCUT2D eigenvalue weighted by Gasteiger charge is -2.19. The molecule has 178 valence electrons. The molecular formula is C19H33N3O8S. The summed E-state index contributed by atoms with van der Waals surface area (Å²) in [5.74, 6) is -3.36. The molecule has 0 spiro atoms. The molecule has 0 heterocycles. The van der Waals surface area contributed by atoms with Gasteiger partial charge < -0.3 is 30.9 Å². The highest BCUT2D eigenvalue weighted by Gasteiger charge is 2.24. The van der Waals surface area contributed by atoms with Crippen LogP contribution in [0.3, 0.4) is 0 Å². The van der Waals surface area contributed by atoms with Crippen molar-refractivity contribution in [3.05, 3.63) is 0 Å². The van der Waals surface area contributed by atoms with Gasteiger partial charge >= 0.3 is 17.9 Å². The smallest absolute Gasteiger partial charge is 0.323 e. The Bertz CT molecular complexity index is 629. The molecule has 11 nitrogen and oxygen atoms in total. The fraction of sp³-hybridized carbons (Fsp3) is 0.737. The molecule has 31 heavy (non-hydrogen) atoms. The predicted molar refractivity (Wildman–Crippen MR) is 114 cm³/mol. The van der Waals surface area contributed by atoms with Crippen LogP contribution in [-0.4, -0.2) is 77.7 Å². The van der Waals surface area contributed by atoms with Gasteiger partial charge in [-0.3, -0.25) is 24.0 Å². The second kappa shape index (κ2) is 15.5. The molecule has 0 aliphatic carbocycles. The third-order valence-corrected chi connectivity index (χ3v) is 5.05. The van der Waals surface area contributed by atoms with Gasteiger partial charge in [-0.2, -0.15) is 11.8 Å². The first-order valence-electron chi connectivity index (χ1n) is 9.97.